The van der Waals surface area contributed by atoms with Crippen LogP contribution in [0, 0.1) is 5.82 Å². The van der Waals surface area contributed by atoms with Gasteiger partial charge in [-0.2, -0.15) is 0 Å². The summed E-state index contributed by atoms with van der Waals surface area (Å²) in [6.07, 6.45) is 2.51. The van der Waals surface area contributed by atoms with Gasteiger partial charge in [0, 0.05) is 6.54 Å². The average Bonchev–Trinajstić information content (AvgIpc) is 2.27. The van der Waals surface area contributed by atoms with E-state index in [1.165, 1.54) is 6.07 Å². The molecule has 1 aromatic carbocycles. The summed E-state index contributed by atoms with van der Waals surface area (Å²) < 4.78 is 13.0. The first kappa shape index (κ1) is 10.1. The maximum atomic E-state index is 13.0. The Morgan fingerprint density at radius 2 is 2.40 bits per heavy atom. The molecule has 1 amide bonds. The largest absolute Gasteiger partial charge is 0.338 e. The van der Waals surface area contributed by atoms with Crippen LogP contribution in [0.15, 0.2) is 18.2 Å². The number of benzene rings is 1. The first-order chi connectivity index (χ1) is 7.26. The maximum Gasteiger partial charge on any atom is 0.210 e. The number of carbonyl (C=O) groups is 1. The quantitative estimate of drug-likeness (QED) is 0.681. The van der Waals surface area contributed by atoms with E-state index in [0.717, 1.165) is 30.4 Å². The highest BCUT2D eigenvalue weighted by Crippen LogP contribution is 2.31. The maximum absolute atomic E-state index is 13.0. The van der Waals surface area contributed by atoms with E-state index in [1.54, 1.807) is 17.0 Å². The summed E-state index contributed by atoms with van der Waals surface area (Å²) in [5, 5.41) is 0. The number of halogens is 1. The molecule has 1 atom stereocenters. The van der Waals surface area contributed by atoms with Crippen molar-refractivity contribution in [2.24, 2.45) is 0 Å². The minimum Gasteiger partial charge on any atom is -0.338 e. The summed E-state index contributed by atoms with van der Waals surface area (Å²) in [6, 6.07) is 4.97. The van der Waals surface area contributed by atoms with Gasteiger partial charge in [0.15, 0.2) is 0 Å². The van der Waals surface area contributed by atoms with E-state index >= 15 is 0 Å². The third-order valence-corrected chi connectivity index (χ3v) is 3.03. The molecule has 3 heteroatoms. The topological polar surface area (TPSA) is 20.3 Å². The van der Waals surface area contributed by atoms with Crippen molar-refractivity contribution in [3.05, 3.63) is 35.1 Å². The van der Waals surface area contributed by atoms with E-state index in [0.29, 0.717) is 6.54 Å². The van der Waals surface area contributed by atoms with Crippen molar-refractivity contribution in [1.82, 2.24) is 4.90 Å². The van der Waals surface area contributed by atoms with Crippen molar-refractivity contribution in [3.63, 3.8) is 0 Å². The van der Waals surface area contributed by atoms with E-state index in [-0.39, 0.29) is 11.9 Å². The first-order valence-electron chi connectivity index (χ1n) is 5.25. The van der Waals surface area contributed by atoms with Gasteiger partial charge in [0.25, 0.3) is 0 Å². The summed E-state index contributed by atoms with van der Waals surface area (Å²) in [4.78, 5) is 12.6. The first-order valence-corrected chi connectivity index (χ1v) is 5.25. The molecule has 1 aromatic rings. The number of nitrogens with zero attached hydrogens (tertiary/aromatic N) is 1. The van der Waals surface area contributed by atoms with Crippen molar-refractivity contribution in [3.8, 4) is 0 Å². The fourth-order valence-electron chi connectivity index (χ4n) is 2.28. The van der Waals surface area contributed by atoms with Gasteiger partial charge in [-0.1, -0.05) is 13.0 Å². The Morgan fingerprint density at radius 1 is 1.60 bits per heavy atom. The highest BCUT2D eigenvalue weighted by molar-refractivity contribution is 5.51. The Kier molecular flexibility index (Phi) is 2.71. The smallest absolute Gasteiger partial charge is 0.210 e. The van der Waals surface area contributed by atoms with Gasteiger partial charge < -0.3 is 4.90 Å². The highest BCUT2D eigenvalue weighted by Gasteiger charge is 2.24. The van der Waals surface area contributed by atoms with Gasteiger partial charge in [0.2, 0.25) is 6.41 Å². The Balaban J connectivity index is 2.41. The fourth-order valence-corrected chi connectivity index (χ4v) is 2.28. The lowest BCUT2D eigenvalue weighted by Gasteiger charge is -2.34. The molecule has 1 heterocycles. The monoisotopic (exact) mass is 207 g/mol. The molecule has 0 fully saturated rings. The zero-order chi connectivity index (χ0) is 10.8. The summed E-state index contributed by atoms with van der Waals surface area (Å²) >= 11 is 0. The van der Waals surface area contributed by atoms with Crippen LogP contribution in [-0.2, 0) is 11.2 Å². The van der Waals surface area contributed by atoms with E-state index < -0.39 is 0 Å². The fraction of sp³-hybridized carbons (Fsp3) is 0.417. The molecule has 0 saturated carbocycles. The van der Waals surface area contributed by atoms with Crippen LogP contribution in [0.2, 0.25) is 0 Å². The summed E-state index contributed by atoms with van der Waals surface area (Å²) in [5.41, 5.74) is 2.14. The molecule has 0 aromatic heterocycles. The molecule has 0 N–H and O–H groups in total. The number of rotatable bonds is 2. The number of fused-ring (bicyclic) bond motifs is 1. The molecule has 2 rings (SSSR count). The molecule has 15 heavy (non-hydrogen) atoms. The minimum absolute atomic E-state index is 0.117. The van der Waals surface area contributed by atoms with Crippen LogP contribution >= 0.6 is 0 Å². The van der Waals surface area contributed by atoms with Gasteiger partial charge in [-0.25, -0.2) is 4.39 Å². The molecule has 0 saturated heterocycles. The molecule has 1 aliphatic heterocycles. The zero-order valence-corrected chi connectivity index (χ0v) is 8.74. The predicted molar refractivity (Wildman–Crippen MR) is 55.9 cm³/mol. The summed E-state index contributed by atoms with van der Waals surface area (Å²) in [7, 11) is 0. The normalized spacial score (nSPS) is 19.9. The van der Waals surface area contributed by atoms with Crippen molar-refractivity contribution < 1.29 is 9.18 Å². The van der Waals surface area contributed by atoms with Gasteiger partial charge in [-0.15, -0.1) is 0 Å². The standard InChI is InChI=1S/C12H14FNO/c1-2-12-11-4-3-10(13)7-9(11)5-6-14(12)8-15/h3-4,7-8,12H,2,5-6H2,1H3. The van der Waals surface area contributed by atoms with Crippen LogP contribution in [-0.4, -0.2) is 17.9 Å². The third-order valence-electron chi connectivity index (χ3n) is 3.03. The molecule has 0 bridgehead atoms. The zero-order valence-electron chi connectivity index (χ0n) is 8.74. The number of carbonyl (C=O) groups excluding carboxylic acids is 1. The van der Waals surface area contributed by atoms with Crippen molar-refractivity contribution in [2.45, 2.75) is 25.8 Å². The van der Waals surface area contributed by atoms with E-state index in [4.69, 9.17) is 0 Å². The van der Waals surface area contributed by atoms with Gasteiger partial charge in [0.05, 0.1) is 6.04 Å². The Morgan fingerprint density at radius 3 is 3.07 bits per heavy atom. The lowest BCUT2D eigenvalue weighted by molar-refractivity contribution is -0.120. The molecular formula is C12H14FNO. The second-order valence-electron chi connectivity index (χ2n) is 3.86. The van der Waals surface area contributed by atoms with Crippen LogP contribution in [0.25, 0.3) is 0 Å². The van der Waals surface area contributed by atoms with Crippen LogP contribution in [0.5, 0.6) is 0 Å². The van der Waals surface area contributed by atoms with E-state index in [9.17, 15) is 9.18 Å². The second-order valence-corrected chi connectivity index (χ2v) is 3.86. The van der Waals surface area contributed by atoms with Gasteiger partial charge >= 0.3 is 0 Å². The van der Waals surface area contributed by atoms with E-state index in [2.05, 4.69) is 0 Å². The molecule has 0 spiro atoms. The average molecular weight is 207 g/mol. The summed E-state index contributed by atoms with van der Waals surface area (Å²) in [6.45, 7) is 2.73. The summed E-state index contributed by atoms with van der Waals surface area (Å²) in [5.74, 6) is -0.192. The van der Waals surface area contributed by atoms with Crippen molar-refractivity contribution in [1.29, 1.82) is 0 Å². The lowest BCUT2D eigenvalue weighted by atomic mass is 9.91. The molecule has 0 aliphatic carbocycles. The van der Waals surface area contributed by atoms with Crippen LogP contribution in [0.1, 0.15) is 30.5 Å². The highest BCUT2D eigenvalue weighted by atomic mass is 19.1. The SMILES string of the molecule is CCC1c2ccc(F)cc2CCN1C=O. The van der Waals surface area contributed by atoms with Gasteiger partial charge in [-0.05, 0) is 36.1 Å². The minimum atomic E-state index is -0.192. The van der Waals surface area contributed by atoms with Crippen molar-refractivity contribution >= 4 is 6.41 Å². The molecule has 0 radical (unpaired) electrons. The molecule has 80 valence electrons. The van der Waals surface area contributed by atoms with Crippen LogP contribution in [0.3, 0.4) is 0 Å². The van der Waals surface area contributed by atoms with Gasteiger partial charge in [0.1, 0.15) is 5.82 Å². The van der Waals surface area contributed by atoms with Gasteiger partial charge in [-0.3, -0.25) is 4.79 Å². The van der Waals surface area contributed by atoms with Crippen LogP contribution < -0.4 is 0 Å². The Labute approximate surface area is 88.7 Å². The molecule has 2 nitrogen and oxygen atoms in total. The van der Waals surface area contributed by atoms with Crippen LogP contribution in [0.4, 0.5) is 4.39 Å². The number of hydrogen-bond acceptors (Lipinski definition) is 1. The number of hydrogen-bond donors (Lipinski definition) is 0. The Hall–Kier alpha value is -1.38. The predicted octanol–water partition coefficient (Wildman–Crippen LogP) is 2.29. The molecular weight excluding hydrogens is 193 g/mol. The third kappa shape index (κ3) is 1.74. The van der Waals surface area contributed by atoms with E-state index in [1.807, 2.05) is 6.92 Å². The lowest BCUT2D eigenvalue weighted by Crippen LogP contribution is -2.34. The van der Waals surface area contributed by atoms with Crippen molar-refractivity contribution in [2.75, 3.05) is 6.54 Å². The second kappa shape index (κ2) is 4.01. The number of amides is 1. The molecule has 1 unspecified atom stereocenters. The Bertz CT molecular complexity index is 378. The molecule has 1 aliphatic rings.